The van der Waals surface area contributed by atoms with Crippen molar-refractivity contribution in [3.63, 3.8) is 0 Å². The molecule has 0 unspecified atom stereocenters. The van der Waals surface area contributed by atoms with Crippen LogP contribution in [0.15, 0.2) is 24.3 Å². The topological polar surface area (TPSA) is 78.5 Å². The lowest BCUT2D eigenvalue weighted by Gasteiger charge is -2.35. The molecule has 2 N–H and O–H groups in total. The number of rotatable bonds is 6. The molecule has 0 aliphatic carbocycles. The Morgan fingerprint density at radius 3 is 2.36 bits per heavy atom. The molecular weight excluding hydrogens is 354 g/mol. The van der Waals surface area contributed by atoms with Crippen LogP contribution in [-0.4, -0.2) is 42.3 Å². The molecule has 6 nitrogen and oxygen atoms in total. The second-order valence-corrected chi connectivity index (χ2v) is 8.46. The second-order valence-electron chi connectivity index (χ2n) is 8.46. The number of unbranched alkanes of at least 4 members (excludes halogenated alkanes) is 1. The molecule has 0 bridgehead atoms. The molecule has 28 heavy (non-hydrogen) atoms. The maximum absolute atomic E-state index is 12.7. The normalized spacial score (nSPS) is 15.2. The zero-order chi connectivity index (χ0) is 20.7. The van der Waals surface area contributed by atoms with E-state index in [4.69, 9.17) is 0 Å². The summed E-state index contributed by atoms with van der Waals surface area (Å²) in [6.45, 7) is 9.61. The first kappa shape index (κ1) is 21.9. The summed E-state index contributed by atoms with van der Waals surface area (Å²) in [5.74, 6) is -0.285. The van der Waals surface area contributed by atoms with Crippen LogP contribution in [0.5, 0.6) is 0 Å². The number of anilines is 1. The Morgan fingerprint density at radius 2 is 1.75 bits per heavy atom. The van der Waals surface area contributed by atoms with E-state index in [1.54, 1.807) is 18.2 Å². The van der Waals surface area contributed by atoms with Crippen LogP contribution < -0.4 is 10.6 Å². The highest BCUT2D eigenvalue weighted by molar-refractivity contribution is 6.04. The van der Waals surface area contributed by atoms with Crippen LogP contribution in [0.2, 0.25) is 0 Å². The fraction of sp³-hybridized carbons (Fsp3) is 0.591. The Kier molecular flexibility index (Phi) is 7.61. The monoisotopic (exact) mass is 387 g/mol. The van der Waals surface area contributed by atoms with Gasteiger partial charge in [0, 0.05) is 31.0 Å². The van der Waals surface area contributed by atoms with Crippen LogP contribution >= 0.6 is 0 Å². The van der Waals surface area contributed by atoms with Gasteiger partial charge in [-0.2, -0.15) is 0 Å². The van der Waals surface area contributed by atoms with E-state index in [9.17, 15) is 14.4 Å². The summed E-state index contributed by atoms with van der Waals surface area (Å²) in [5.41, 5.74) is 0.612. The fourth-order valence-corrected chi connectivity index (χ4v) is 3.32. The molecule has 0 spiro atoms. The first-order chi connectivity index (χ1) is 13.2. The van der Waals surface area contributed by atoms with Crippen molar-refractivity contribution >= 4 is 23.4 Å². The van der Waals surface area contributed by atoms with Gasteiger partial charge in [-0.3, -0.25) is 14.4 Å². The quantitative estimate of drug-likeness (QED) is 0.734. The van der Waals surface area contributed by atoms with Gasteiger partial charge >= 0.3 is 0 Å². The number of carbonyl (C=O) groups is 3. The van der Waals surface area contributed by atoms with Crippen LogP contribution in [0.4, 0.5) is 5.69 Å². The van der Waals surface area contributed by atoms with Crippen molar-refractivity contribution in [3.05, 3.63) is 29.8 Å². The van der Waals surface area contributed by atoms with E-state index in [0.717, 1.165) is 12.8 Å². The molecule has 154 valence electrons. The van der Waals surface area contributed by atoms with Gasteiger partial charge in [-0.15, -0.1) is 0 Å². The summed E-state index contributed by atoms with van der Waals surface area (Å²) in [6, 6.07) is 7.08. The maximum atomic E-state index is 12.7. The van der Waals surface area contributed by atoms with Crippen molar-refractivity contribution in [2.75, 3.05) is 25.0 Å². The number of nitrogens with zero attached hydrogens (tertiary/aromatic N) is 1. The number of hydrogen-bond acceptors (Lipinski definition) is 3. The molecular formula is C22H33N3O3. The summed E-state index contributed by atoms with van der Waals surface area (Å²) in [4.78, 5) is 39.4. The average Bonchev–Trinajstić information content (AvgIpc) is 2.67. The highest BCUT2D eigenvalue weighted by Gasteiger charge is 2.32. The molecule has 0 saturated carbocycles. The summed E-state index contributed by atoms with van der Waals surface area (Å²) < 4.78 is 0. The van der Waals surface area contributed by atoms with Gasteiger partial charge in [0.1, 0.15) is 0 Å². The number of amides is 3. The van der Waals surface area contributed by atoms with Crippen LogP contribution in [0, 0.1) is 11.3 Å². The van der Waals surface area contributed by atoms with E-state index < -0.39 is 5.41 Å². The molecule has 1 saturated heterocycles. The summed E-state index contributed by atoms with van der Waals surface area (Å²) in [6.07, 6.45) is 3.21. The Hall–Kier alpha value is -2.37. The summed E-state index contributed by atoms with van der Waals surface area (Å²) >= 11 is 0. The van der Waals surface area contributed by atoms with Crippen molar-refractivity contribution in [2.24, 2.45) is 11.3 Å². The predicted molar refractivity (Wildman–Crippen MR) is 111 cm³/mol. The largest absolute Gasteiger partial charge is 0.352 e. The Labute approximate surface area is 168 Å². The molecule has 1 heterocycles. The van der Waals surface area contributed by atoms with Crippen molar-refractivity contribution < 1.29 is 14.4 Å². The molecule has 0 atom stereocenters. The minimum atomic E-state index is -0.404. The zero-order valence-corrected chi connectivity index (χ0v) is 17.5. The van der Waals surface area contributed by atoms with Gasteiger partial charge in [0.15, 0.2) is 0 Å². The lowest BCUT2D eigenvalue weighted by atomic mass is 9.90. The van der Waals surface area contributed by atoms with Crippen LogP contribution in [-0.2, 0) is 9.59 Å². The number of likely N-dealkylation sites (tertiary alicyclic amines) is 1. The van der Waals surface area contributed by atoms with Crippen LogP contribution in [0.1, 0.15) is 63.7 Å². The van der Waals surface area contributed by atoms with Crippen molar-refractivity contribution in [2.45, 2.75) is 53.4 Å². The van der Waals surface area contributed by atoms with Gasteiger partial charge in [0.25, 0.3) is 5.91 Å². The molecule has 1 aromatic rings. The number of hydrogen-bond donors (Lipinski definition) is 2. The summed E-state index contributed by atoms with van der Waals surface area (Å²) in [7, 11) is 0. The van der Waals surface area contributed by atoms with Gasteiger partial charge in [-0.25, -0.2) is 0 Å². The first-order valence-corrected chi connectivity index (χ1v) is 10.2. The number of carbonyl (C=O) groups excluding carboxylic acids is 3. The van der Waals surface area contributed by atoms with Gasteiger partial charge in [0.05, 0.1) is 11.3 Å². The molecule has 6 heteroatoms. The van der Waals surface area contributed by atoms with Crippen LogP contribution in [0.25, 0.3) is 0 Å². The van der Waals surface area contributed by atoms with Crippen molar-refractivity contribution in [1.29, 1.82) is 0 Å². The smallest absolute Gasteiger partial charge is 0.253 e. The maximum Gasteiger partial charge on any atom is 0.253 e. The second kappa shape index (κ2) is 9.71. The average molecular weight is 388 g/mol. The van der Waals surface area contributed by atoms with E-state index in [1.165, 1.54) is 0 Å². The molecule has 2 rings (SSSR count). The van der Waals surface area contributed by atoms with Gasteiger partial charge in [-0.05, 0) is 31.4 Å². The minimum absolute atomic E-state index is 0.0864. The van der Waals surface area contributed by atoms with E-state index >= 15 is 0 Å². The van der Waals surface area contributed by atoms with Gasteiger partial charge in [-0.1, -0.05) is 46.2 Å². The zero-order valence-electron chi connectivity index (χ0n) is 17.5. The predicted octanol–water partition coefficient (Wildman–Crippen LogP) is 3.44. The number of piperidine rings is 1. The number of benzene rings is 1. The highest BCUT2D eigenvalue weighted by atomic mass is 16.2. The third-order valence-corrected chi connectivity index (χ3v) is 5.04. The van der Waals surface area contributed by atoms with E-state index in [2.05, 4.69) is 17.6 Å². The van der Waals surface area contributed by atoms with E-state index in [-0.39, 0.29) is 23.6 Å². The minimum Gasteiger partial charge on any atom is -0.352 e. The van der Waals surface area contributed by atoms with Gasteiger partial charge < -0.3 is 15.5 Å². The molecule has 1 aliphatic heterocycles. The van der Waals surface area contributed by atoms with E-state index in [1.807, 2.05) is 31.7 Å². The SMILES string of the molecule is CCCCNC(=O)c1ccccc1NC(=O)C1CCN(C(=O)C(C)(C)C)CC1. The Bertz CT molecular complexity index is 701. The lowest BCUT2D eigenvalue weighted by molar-refractivity contribution is -0.142. The summed E-state index contributed by atoms with van der Waals surface area (Å²) in [5, 5.41) is 5.81. The molecule has 0 aromatic heterocycles. The number of nitrogens with one attached hydrogen (secondary N) is 2. The third-order valence-electron chi connectivity index (χ3n) is 5.04. The molecule has 1 aromatic carbocycles. The van der Waals surface area contributed by atoms with Gasteiger partial charge in [0.2, 0.25) is 11.8 Å². The first-order valence-electron chi connectivity index (χ1n) is 10.2. The molecule has 0 radical (unpaired) electrons. The standard InChI is InChI=1S/C22H33N3O3/c1-5-6-13-23-20(27)17-9-7-8-10-18(17)24-19(26)16-11-14-25(15-12-16)21(28)22(2,3)4/h7-10,16H,5-6,11-15H2,1-4H3,(H,23,27)(H,24,26). The van der Waals surface area contributed by atoms with Crippen molar-refractivity contribution in [3.8, 4) is 0 Å². The number of para-hydroxylation sites is 1. The fourth-order valence-electron chi connectivity index (χ4n) is 3.32. The third kappa shape index (κ3) is 5.81. The Balaban J connectivity index is 1.95. The lowest BCUT2D eigenvalue weighted by Crippen LogP contribution is -2.45. The van der Waals surface area contributed by atoms with Crippen LogP contribution in [0.3, 0.4) is 0 Å². The van der Waals surface area contributed by atoms with E-state index in [0.29, 0.717) is 43.7 Å². The van der Waals surface area contributed by atoms with Crippen molar-refractivity contribution in [1.82, 2.24) is 10.2 Å². The molecule has 1 aliphatic rings. The highest BCUT2D eigenvalue weighted by Crippen LogP contribution is 2.25. The molecule has 3 amide bonds. The molecule has 1 fully saturated rings. The Morgan fingerprint density at radius 1 is 1.11 bits per heavy atom.